The minimum absolute atomic E-state index is 0.0197. The van der Waals surface area contributed by atoms with Gasteiger partial charge in [0, 0.05) is 12.1 Å². The van der Waals surface area contributed by atoms with Crippen LogP contribution in [0.25, 0.3) is 5.69 Å². The van der Waals surface area contributed by atoms with E-state index >= 15 is 0 Å². The Bertz CT molecular complexity index is 552. The van der Waals surface area contributed by atoms with Crippen LogP contribution in [-0.4, -0.2) is 25.0 Å². The van der Waals surface area contributed by atoms with Crippen molar-refractivity contribution >= 4 is 28.3 Å². The van der Waals surface area contributed by atoms with E-state index in [-0.39, 0.29) is 12.3 Å². The van der Waals surface area contributed by atoms with Gasteiger partial charge in [0.25, 0.3) is 5.69 Å². The van der Waals surface area contributed by atoms with Crippen LogP contribution >= 0.6 is 22.6 Å². The first kappa shape index (κ1) is 11.9. The summed E-state index contributed by atoms with van der Waals surface area (Å²) in [6.07, 6.45) is 0. The van der Waals surface area contributed by atoms with E-state index in [1.807, 2.05) is 22.6 Å². The highest BCUT2D eigenvalue weighted by Gasteiger charge is 2.11. The lowest BCUT2D eigenvalue weighted by Gasteiger charge is -2.01. The molecule has 0 unspecified atom stereocenters. The van der Waals surface area contributed by atoms with Crippen LogP contribution in [0.1, 0.15) is 5.69 Å². The van der Waals surface area contributed by atoms with Crippen molar-refractivity contribution in [1.29, 1.82) is 0 Å². The van der Waals surface area contributed by atoms with Crippen molar-refractivity contribution < 1.29 is 10.0 Å². The van der Waals surface area contributed by atoms with Gasteiger partial charge < -0.3 is 5.11 Å². The van der Waals surface area contributed by atoms with Crippen LogP contribution in [0.2, 0.25) is 0 Å². The molecule has 0 aliphatic carbocycles. The zero-order chi connectivity index (χ0) is 12.4. The first-order valence-electron chi connectivity index (χ1n) is 4.59. The molecule has 2 rings (SSSR count). The molecular weight excluding hydrogens is 339 g/mol. The number of benzene rings is 1. The van der Waals surface area contributed by atoms with E-state index in [4.69, 9.17) is 5.11 Å². The number of aliphatic hydroxyl groups excluding tert-OH is 1. The quantitative estimate of drug-likeness (QED) is 0.513. The van der Waals surface area contributed by atoms with Gasteiger partial charge in [0.05, 0.1) is 17.2 Å². The van der Waals surface area contributed by atoms with E-state index in [2.05, 4.69) is 10.3 Å². The second-order valence-corrected chi connectivity index (χ2v) is 4.19. The summed E-state index contributed by atoms with van der Waals surface area (Å²) in [4.78, 5) is 10.0. The summed E-state index contributed by atoms with van der Waals surface area (Å²) in [5.41, 5.74) is 1.16. The maximum absolute atomic E-state index is 10.5. The van der Waals surface area contributed by atoms with Crippen molar-refractivity contribution in [3.05, 3.63) is 43.8 Å². The Balaban J connectivity index is 2.39. The molecule has 0 atom stereocenters. The molecule has 0 spiro atoms. The van der Waals surface area contributed by atoms with Crippen molar-refractivity contribution in [2.24, 2.45) is 0 Å². The molecule has 0 fully saturated rings. The highest BCUT2D eigenvalue weighted by molar-refractivity contribution is 14.1. The van der Waals surface area contributed by atoms with Gasteiger partial charge in [-0.2, -0.15) is 0 Å². The van der Waals surface area contributed by atoms with Gasteiger partial charge in [0.1, 0.15) is 9.39 Å². The number of rotatable bonds is 3. The molecule has 0 radical (unpaired) electrons. The van der Waals surface area contributed by atoms with E-state index in [0.29, 0.717) is 15.1 Å². The van der Waals surface area contributed by atoms with E-state index in [1.54, 1.807) is 12.1 Å². The Hall–Kier alpha value is -1.55. The number of nitro groups is 1. The van der Waals surface area contributed by atoms with Gasteiger partial charge in [-0.25, -0.2) is 4.68 Å². The topological polar surface area (TPSA) is 94.1 Å². The number of hydrogen-bond donors (Lipinski definition) is 1. The number of non-ortho nitro benzene ring substituents is 1. The first-order valence-corrected chi connectivity index (χ1v) is 5.67. The third kappa shape index (κ3) is 2.26. The van der Waals surface area contributed by atoms with Crippen molar-refractivity contribution in [1.82, 2.24) is 15.0 Å². The van der Waals surface area contributed by atoms with Crippen LogP contribution in [0.4, 0.5) is 5.69 Å². The Kier molecular flexibility index (Phi) is 3.33. The van der Waals surface area contributed by atoms with Crippen molar-refractivity contribution in [2.45, 2.75) is 6.61 Å². The molecule has 0 bridgehead atoms. The molecule has 88 valence electrons. The Labute approximate surface area is 109 Å². The van der Waals surface area contributed by atoms with Crippen LogP contribution in [0.5, 0.6) is 0 Å². The monoisotopic (exact) mass is 346 g/mol. The molecule has 1 N–H and O–H groups in total. The second-order valence-electron chi connectivity index (χ2n) is 3.17. The summed E-state index contributed by atoms with van der Waals surface area (Å²) >= 11 is 2.01. The normalized spacial score (nSPS) is 10.5. The molecule has 0 aliphatic heterocycles. The molecule has 2 aromatic rings. The third-order valence-electron chi connectivity index (χ3n) is 2.13. The minimum atomic E-state index is -0.463. The molecule has 17 heavy (non-hydrogen) atoms. The third-order valence-corrected chi connectivity index (χ3v) is 3.21. The average molecular weight is 346 g/mol. The molecule has 0 aliphatic rings. The summed E-state index contributed by atoms with van der Waals surface area (Å²) < 4.78 is 2.19. The van der Waals surface area contributed by atoms with Crippen LogP contribution in [-0.2, 0) is 6.61 Å². The Morgan fingerprint density at radius 1 is 1.41 bits per heavy atom. The molecule has 8 heteroatoms. The number of nitrogens with zero attached hydrogens (tertiary/aromatic N) is 4. The van der Waals surface area contributed by atoms with Crippen LogP contribution in [0, 0.1) is 13.8 Å². The standard InChI is InChI=1S/C9H7IN4O3/c10-9-8(5-15)11-12-13(9)6-1-3-7(4-2-6)14(16)17/h1-4,15H,5H2. The Morgan fingerprint density at radius 3 is 2.53 bits per heavy atom. The van der Waals surface area contributed by atoms with Gasteiger partial charge in [-0.15, -0.1) is 5.10 Å². The summed E-state index contributed by atoms with van der Waals surface area (Å²) in [5.74, 6) is 0. The molecule has 1 aromatic carbocycles. The SMILES string of the molecule is O=[N+]([O-])c1ccc(-n2nnc(CO)c2I)cc1. The van der Waals surface area contributed by atoms with Gasteiger partial charge in [-0.3, -0.25) is 10.1 Å². The number of hydrogen-bond acceptors (Lipinski definition) is 5. The molecule has 0 saturated carbocycles. The van der Waals surface area contributed by atoms with Gasteiger partial charge in [-0.1, -0.05) is 5.21 Å². The van der Waals surface area contributed by atoms with Crippen molar-refractivity contribution in [3.63, 3.8) is 0 Å². The smallest absolute Gasteiger partial charge is 0.269 e. The summed E-state index contributed by atoms with van der Waals surface area (Å²) in [5, 5.41) is 27.1. The van der Waals surface area contributed by atoms with E-state index in [0.717, 1.165) is 0 Å². The van der Waals surface area contributed by atoms with E-state index < -0.39 is 4.92 Å². The number of halogens is 1. The highest BCUT2D eigenvalue weighted by Crippen LogP contribution is 2.18. The zero-order valence-corrected chi connectivity index (χ0v) is 10.6. The lowest BCUT2D eigenvalue weighted by atomic mass is 10.3. The predicted molar refractivity (Wildman–Crippen MR) is 66.7 cm³/mol. The van der Waals surface area contributed by atoms with Crippen LogP contribution in [0.3, 0.4) is 0 Å². The molecular formula is C9H7IN4O3. The first-order chi connectivity index (χ1) is 8.13. The van der Waals surface area contributed by atoms with Gasteiger partial charge in [-0.05, 0) is 34.7 Å². The van der Waals surface area contributed by atoms with Gasteiger partial charge in [0.15, 0.2) is 0 Å². The molecule has 1 aromatic heterocycles. The van der Waals surface area contributed by atoms with Crippen LogP contribution in [0.15, 0.2) is 24.3 Å². The van der Waals surface area contributed by atoms with Crippen molar-refractivity contribution in [2.75, 3.05) is 0 Å². The maximum atomic E-state index is 10.5. The summed E-state index contributed by atoms with van der Waals surface area (Å²) in [6, 6.07) is 5.95. The summed E-state index contributed by atoms with van der Waals surface area (Å²) in [6.45, 7) is -0.189. The minimum Gasteiger partial charge on any atom is -0.390 e. The molecule has 0 saturated heterocycles. The van der Waals surface area contributed by atoms with Gasteiger partial charge in [0.2, 0.25) is 0 Å². The predicted octanol–water partition coefficient (Wildman–Crippen LogP) is 1.27. The van der Waals surface area contributed by atoms with Crippen LogP contribution < -0.4 is 0 Å². The highest BCUT2D eigenvalue weighted by atomic mass is 127. The molecule has 1 heterocycles. The lowest BCUT2D eigenvalue weighted by molar-refractivity contribution is -0.384. The fourth-order valence-corrected chi connectivity index (χ4v) is 1.93. The second kappa shape index (κ2) is 4.75. The molecule has 0 amide bonds. The Morgan fingerprint density at radius 2 is 2.06 bits per heavy atom. The zero-order valence-electron chi connectivity index (χ0n) is 8.45. The number of aliphatic hydroxyl groups is 1. The largest absolute Gasteiger partial charge is 0.390 e. The van der Waals surface area contributed by atoms with E-state index in [9.17, 15) is 10.1 Å². The fourth-order valence-electron chi connectivity index (χ4n) is 1.28. The lowest BCUT2D eigenvalue weighted by Crippen LogP contribution is -2.00. The summed E-state index contributed by atoms with van der Waals surface area (Å²) in [7, 11) is 0. The number of nitro benzene ring substituents is 1. The maximum Gasteiger partial charge on any atom is 0.269 e. The fraction of sp³-hybridized carbons (Fsp3) is 0.111. The van der Waals surface area contributed by atoms with Gasteiger partial charge >= 0.3 is 0 Å². The number of aromatic nitrogens is 3. The average Bonchev–Trinajstić information content (AvgIpc) is 2.70. The van der Waals surface area contributed by atoms with E-state index in [1.165, 1.54) is 16.8 Å². The molecule has 7 nitrogen and oxygen atoms in total. The van der Waals surface area contributed by atoms with Crippen molar-refractivity contribution in [3.8, 4) is 5.69 Å².